The second kappa shape index (κ2) is 5.75. The Morgan fingerprint density at radius 1 is 1.00 bits per heavy atom. The second-order valence-electron chi connectivity index (χ2n) is 4.91. The van der Waals surface area contributed by atoms with Crippen LogP contribution < -0.4 is 10.2 Å². The summed E-state index contributed by atoms with van der Waals surface area (Å²) < 4.78 is 5.64. The Labute approximate surface area is 122 Å². The predicted octanol–water partition coefficient (Wildman–Crippen LogP) is 3.67. The number of nitrogens with zero attached hydrogens (tertiary/aromatic N) is 1. The van der Waals surface area contributed by atoms with Crippen LogP contribution in [-0.4, -0.2) is 4.92 Å². The Morgan fingerprint density at radius 3 is 2.14 bits per heavy atom. The largest absolute Gasteiger partial charge is 0.453 e. The van der Waals surface area contributed by atoms with Crippen LogP contribution in [0.4, 0.5) is 5.69 Å². The third-order valence-electron chi connectivity index (χ3n) is 3.08. The minimum absolute atomic E-state index is 0.0212. The molecule has 0 spiro atoms. The number of nitro benzene ring substituents is 1. The van der Waals surface area contributed by atoms with Crippen molar-refractivity contribution >= 4 is 5.69 Å². The van der Waals surface area contributed by atoms with E-state index >= 15 is 0 Å². The Hall–Kier alpha value is -2.69. The Kier molecular flexibility index (Phi) is 4.03. The molecule has 21 heavy (non-hydrogen) atoms. The van der Waals surface area contributed by atoms with Gasteiger partial charge in [0, 0.05) is 17.7 Å². The molecule has 0 radical (unpaired) electrons. The van der Waals surface area contributed by atoms with Gasteiger partial charge in [-0.05, 0) is 38.5 Å². The fraction of sp³-hybridized carbons (Fsp3) is 0.188. The first-order valence-electron chi connectivity index (χ1n) is 6.43. The summed E-state index contributed by atoms with van der Waals surface area (Å²) in [5, 5.41) is 10.6. The molecule has 2 aromatic carbocycles. The van der Waals surface area contributed by atoms with Gasteiger partial charge >= 0.3 is 0 Å². The molecular formula is C16H15NO4. The van der Waals surface area contributed by atoms with Crippen molar-refractivity contribution in [1.82, 2.24) is 0 Å². The van der Waals surface area contributed by atoms with Crippen molar-refractivity contribution in [3.63, 3.8) is 0 Å². The lowest BCUT2D eigenvalue weighted by Crippen LogP contribution is -2.06. The van der Waals surface area contributed by atoms with Crippen LogP contribution in [0.1, 0.15) is 16.7 Å². The molecule has 0 aliphatic rings. The summed E-state index contributed by atoms with van der Waals surface area (Å²) in [5.41, 5.74) is 2.09. The van der Waals surface area contributed by atoms with Gasteiger partial charge in [-0.15, -0.1) is 0 Å². The molecule has 5 nitrogen and oxygen atoms in total. The van der Waals surface area contributed by atoms with Gasteiger partial charge in [0.15, 0.2) is 5.75 Å². The molecule has 108 valence electrons. The molecule has 0 heterocycles. The maximum absolute atomic E-state index is 12.3. The monoisotopic (exact) mass is 285 g/mol. The van der Waals surface area contributed by atoms with Crippen LogP contribution in [0.2, 0.25) is 0 Å². The smallest absolute Gasteiger partial charge is 0.269 e. The number of ether oxygens (including phenoxy) is 1. The van der Waals surface area contributed by atoms with E-state index in [2.05, 4.69) is 0 Å². The first-order valence-corrected chi connectivity index (χ1v) is 6.43. The van der Waals surface area contributed by atoms with Crippen molar-refractivity contribution in [2.75, 3.05) is 0 Å². The number of rotatable bonds is 3. The number of benzene rings is 1. The maximum atomic E-state index is 12.3. The molecule has 0 saturated carbocycles. The zero-order valence-corrected chi connectivity index (χ0v) is 12.0. The molecule has 5 heteroatoms. The third kappa shape index (κ3) is 3.25. The van der Waals surface area contributed by atoms with Gasteiger partial charge in [-0.1, -0.05) is 17.7 Å². The van der Waals surface area contributed by atoms with E-state index in [0.717, 1.165) is 11.1 Å². The lowest BCUT2D eigenvalue weighted by atomic mass is 10.2. The van der Waals surface area contributed by atoms with Crippen molar-refractivity contribution in [1.29, 1.82) is 0 Å². The molecule has 2 rings (SSSR count). The van der Waals surface area contributed by atoms with E-state index in [1.165, 1.54) is 24.3 Å². The van der Waals surface area contributed by atoms with Gasteiger partial charge < -0.3 is 4.74 Å². The van der Waals surface area contributed by atoms with Crippen LogP contribution in [0.25, 0.3) is 0 Å². The van der Waals surface area contributed by atoms with Crippen molar-refractivity contribution in [2.24, 2.45) is 0 Å². The molecule has 0 bridgehead atoms. The highest BCUT2D eigenvalue weighted by molar-refractivity contribution is 5.42. The van der Waals surface area contributed by atoms with Gasteiger partial charge in [-0.2, -0.15) is 0 Å². The van der Waals surface area contributed by atoms with Crippen LogP contribution in [0.5, 0.6) is 11.5 Å². The minimum Gasteiger partial charge on any atom is -0.453 e. The summed E-state index contributed by atoms with van der Waals surface area (Å²) >= 11 is 0. The highest BCUT2D eigenvalue weighted by atomic mass is 16.6. The summed E-state index contributed by atoms with van der Waals surface area (Å²) in [6, 6.07) is 9.32. The molecule has 0 amide bonds. The second-order valence-corrected chi connectivity index (χ2v) is 4.91. The third-order valence-corrected chi connectivity index (χ3v) is 3.08. The molecule has 0 unspecified atom stereocenters. The van der Waals surface area contributed by atoms with E-state index < -0.39 is 4.92 Å². The number of nitro groups is 1. The highest BCUT2D eigenvalue weighted by Crippen LogP contribution is 2.24. The zero-order valence-electron chi connectivity index (χ0n) is 12.0. The van der Waals surface area contributed by atoms with Crippen LogP contribution in [-0.2, 0) is 0 Å². The summed E-state index contributed by atoms with van der Waals surface area (Å²) in [4.78, 5) is 22.4. The quantitative estimate of drug-likeness (QED) is 0.637. The van der Waals surface area contributed by atoms with E-state index in [0.29, 0.717) is 11.3 Å². The topological polar surface area (TPSA) is 69.4 Å². The molecular weight excluding hydrogens is 270 g/mol. The first-order chi connectivity index (χ1) is 9.88. The molecule has 0 saturated heterocycles. The standard InChI is InChI=1S/C16H15NO4/c1-10-8-11(2)15(18)16(12(3)9-10)21-14-6-4-13(5-7-14)17(19)20/h4-9H,1-3H3. The molecule has 0 N–H and O–H groups in total. The summed E-state index contributed by atoms with van der Waals surface area (Å²) in [6.45, 7) is 5.45. The van der Waals surface area contributed by atoms with Crippen LogP contribution in [0.3, 0.4) is 0 Å². The van der Waals surface area contributed by atoms with Crippen LogP contribution in [0, 0.1) is 30.9 Å². The van der Waals surface area contributed by atoms with Gasteiger partial charge in [0.2, 0.25) is 5.43 Å². The van der Waals surface area contributed by atoms with E-state index in [1.807, 2.05) is 13.0 Å². The molecule has 0 aliphatic heterocycles. The summed E-state index contributed by atoms with van der Waals surface area (Å²) in [7, 11) is 0. The minimum atomic E-state index is -0.482. The van der Waals surface area contributed by atoms with Gasteiger partial charge in [0.05, 0.1) is 4.92 Å². The zero-order chi connectivity index (χ0) is 15.6. The van der Waals surface area contributed by atoms with Crippen molar-refractivity contribution < 1.29 is 9.66 Å². The number of hydrogen-bond acceptors (Lipinski definition) is 4. The van der Waals surface area contributed by atoms with Crippen LogP contribution in [0.15, 0.2) is 41.2 Å². The maximum Gasteiger partial charge on any atom is 0.269 e. The van der Waals surface area contributed by atoms with Gasteiger partial charge in [0.1, 0.15) is 5.75 Å². The first kappa shape index (κ1) is 14.7. The van der Waals surface area contributed by atoms with Crippen LogP contribution >= 0.6 is 0 Å². The van der Waals surface area contributed by atoms with E-state index in [-0.39, 0.29) is 16.9 Å². The summed E-state index contributed by atoms with van der Waals surface area (Å²) in [6.07, 6.45) is 0. The molecule has 0 aliphatic carbocycles. The fourth-order valence-corrected chi connectivity index (χ4v) is 2.09. The highest BCUT2D eigenvalue weighted by Gasteiger charge is 2.10. The average molecular weight is 285 g/mol. The van der Waals surface area contributed by atoms with Crippen molar-refractivity contribution in [3.05, 3.63) is 73.4 Å². The Bertz CT molecular complexity index is 751. The SMILES string of the molecule is Cc1cc(C)c(Oc2ccc([N+](=O)[O-])cc2)c(=O)c(C)c1. The lowest BCUT2D eigenvalue weighted by Gasteiger charge is -2.05. The van der Waals surface area contributed by atoms with E-state index in [1.54, 1.807) is 19.9 Å². The van der Waals surface area contributed by atoms with Crippen molar-refractivity contribution in [2.45, 2.75) is 20.8 Å². The number of aryl methyl sites for hydroxylation is 3. The summed E-state index contributed by atoms with van der Waals surface area (Å²) in [5.74, 6) is 0.638. The van der Waals surface area contributed by atoms with Gasteiger partial charge in [-0.3, -0.25) is 14.9 Å². The van der Waals surface area contributed by atoms with E-state index in [4.69, 9.17) is 4.74 Å². The average Bonchev–Trinajstić information content (AvgIpc) is 2.51. The Balaban J connectivity index is 2.45. The molecule has 2 aromatic rings. The lowest BCUT2D eigenvalue weighted by molar-refractivity contribution is -0.384. The van der Waals surface area contributed by atoms with Gasteiger partial charge in [0.25, 0.3) is 5.69 Å². The number of hydrogen-bond donors (Lipinski definition) is 0. The normalized spacial score (nSPS) is 10.2. The molecule has 0 atom stereocenters. The molecule has 0 fully saturated rings. The predicted molar refractivity (Wildman–Crippen MR) is 80.1 cm³/mol. The number of non-ortho nitro benzene ring substituents is 1. The molecule has 0 aromatic heterocycles. The van der Waals surface area contributed by atoms with Crippen molar-refractivity contribution in [3.8, 4) is 11.5 Å². The van der Waals surface area contributed by atoms with E-state index in [9.17, 15) is 14.9 Å². The van der Waals surface area contributed by atoms with Gasteiger partial charge in [-0.25, -0.2) is 0 Å². The Morgan fingerprint density at radius 2 is 1.57 bits per heavy atom. The fourth-order valence-electron chi connectivity index (χ4n) is 2.09.